The molecule has 6 atom stereocenters. The smallest absolute Gasteiger partial charge is 0.366 e. The van der Waals surface area contributed by atoms with Crippen molar-refractivity contribution in [2.24, 2.45) is 0 Å². The molecule has 9 nitrogen and oxygen atoms in total. The second-order valence-corrected chi connectivity index (χ2v) is 10.4. The fourth-order valence-corrected chi connectivity index (χ4v) is 5.63. The monoisotopic (exact) mass is 564 g/mol. The molecule has 40 heavy (non-hydrogen) atoms. The molecule has 0 saturated carbocycles. The third-order valence-corrected chi connectivity index (χ3v) is 7.69. The summed E-state index contributed by atoms with van der Waals surface area (Å²) in [6.07, 6.45) is -4.05. The highest BCUT2D eigenvalue weighted by Crippen LogP contribution is 2.41. The lowest BCUT2D eigenvalue weighted by Gasteiger charge is -2.49. The Kier molecular flexibility index (Phi) is 8.51. The summed E-state index contributed by atoms with van der Waals surface area (Å²) < 4.78 is 35.1. The molecule has 10 heteroatoms. The molecule has 0 N–H and O–H groups in total. The van der Waals surface area contributed by atoms with Crippen LogP contribution in [-0.2, 0) is 33.2 Å². The van der Waals surface area contributed by atoms with Gasteiger partial charge in [-0.05, 0) is 36.4 Å². The Bertz CT molecular complexity index is 1320. The predicted octanol–water partition coefficient (Wildman–Crippen LogP) is 4.26. The number of ether oxygens (including phenoxy) is 6. The Labute approximate surface area is 235 Å². The maximum absolute atomic E-state index is 13.3. The van der Waals surface area contributed by atoms with Crippen LogP contribution in [0.25, 0.3) is 0 Å². The summed E-state index contributed by atoms with van der Waals surface area (Å²) in [5, 5.41) is 0. The average molecular weight is 565 g/mol. The number of esters is 3. The first kappa shape index (κ1) is 27.9. The van der Waals surface area contributed by atoms with Gasteiger partial charge in [0.15, 0.2) is 12.2 Å². The number of fused-ring (bicyclic) bond motifs is 1. The number of methoxy groups -OCH3 is 1. The molecule has 0 aromatic heterocycles. The van der Waals surface area contributed by atoms with Gasteiger partial charge in [-0.3, -0.25) is 0 Å². The number of hydrogen-bond acceptors (Lipinski definition) is 10. The third-order valence-electron chi connectivity index (χ3n) is 6.53. The first-order valence-corrected chi connectivity index (χ1v) is 13.6. The van der Waals surface area contributed by atoms with Crippen LogP contribution in [0.1, 0.15) is 27.6 Å². The summed E-state index contributed by atoms with van der Waals surface area (Å²) in [6.45, 7) is 1.36. The van der Waals surface area contributed by atoms with Crippen LogP contribution >= 0.6 is 11.8 Å². The summed E-state index contributed by atoms with van der Waals surface area (Å²) in [6, 6.07) is 26.3. The van der Waals surface area contributed by atoms with E-state index in [4.69, 9.17) is 28.4 Å². The fourth-order valence-electron chi connectivity index (χ4n) is 4.50. The van der Waals surface area contributed by atoms with Gasteiger partial charge in [-0.2, -0.15) is 0 Å². The van der Waals surface area contributed by atoms with Crippen LogP contribution < -0.4 is 0 Å². The number of carbonyl (C=O) groups is 3. The third kappa shape index (κ3) is 6.05. The minimum atomic E-state index is -1.79. The minimum absolute atomic E-state index is 0.0547. The van der Waals surface area contributed by atoms with Gasteiger partial charge in [0.25, 0.3) is 5.79 Å². The van der Waals surface area contributed by atoms with E-state index in [2.05, 4.69) is 0 Å². The van der Waals surface area contributed by atoms with Crippen molar-refractivity contribution in [1.82, 2.24) is 0 Å². The normalized spacial score (nSPS) is 27.6. The van der Waals surface area contributed by atoms with E-state index in [1.165, 1.54) is 25.8 Å². The van der Waals surface area contributed by atoms with E-state index < -0.39 is 53.5 Å². The fraction of sp³-hybridized carbons (Fsp3) is 0.300. The Balaban J connectivity index is 1.53. The maximum Gasteiger partial charge on any atom is 0.366 e. The zero-order chi connectivity index (χ0) is 28.1. The Hall–Kier alpha value is -3.70. The van der Waals surface area contributed by atoms with Crippen LogP contribution in [0.3, 0.4) is 0 Å². The molecule has 5 rings (SSSR count). The second-order valence-electron chi connectivity index (χ2n) is 9.28. The first-order chi connectivity index (χ1) is 19.4. The van der Waals surface area contributed by atoms with Gasteiger partial charge in [-0.25, -0.2) is 14.4 Å². The van der Waals surface area contributed by atoms with Crippen LogP contribution in [0.15, 0.2) is 95.9 Å². The van der Waals surface area contributed by atoms with Gasteiger partial charge in [0.2, 0.25) is 0 Å². The number of rotatable bonds is 7. The maximum atomic E-state index is 13.3. The van der Waals surface area contributed by atoms with E-state index in [1.54, 1.807) is 60.7 Å². The predicted molar refractivity (Wildman–Crippen MR) is 143 cm³/mol. The van der Waals surface area contributed by atoms with Gasteiger partial charge >= 0.3 is 17.9 Å². The lowest BCUT2D eigenvalue weighted by molar-refractivity contribution is -0.346. The number of thioether (sulfide) groups is 1. The summed E-state index contributed by atoms with van der Waals surface area (Å²) in [5.74, 6) is -3.83. The van der Waals surface area contributed by atoms with Crippen LogP contribution in [0, 0.1) is 0 Å². The molecule has 0 aliphatic carbocycles. The molecular formula is C30H28O9S. The van der Waals surface area contributed by atoms with Gasteiger partial charge < -0.3 is 28.4 Å². The number of carbonyl (C=O) groups excluding carboxylic acids is 3. The van der Waals surface area contributed by atoms with E-state index in [0.29, 0.717) is 11.1 Å². The molecule has 0 radical (unpaired) electrons. The highest BCUT2D eigenvalue weighted by atomic mass is 32.2. The van der Waals surface area contributed by atoms with Gasteiger partial charge in [0, 0.05) is 11.8 Å². The lowest BCUT2D eigenvalue weighted by Crippen LogP contribution is -2.67. The Morgan fingerprint density at radius 2 is 1.32 bits per heavy atom. The molecule has 0 amide bonds. The standard InChI is InChI=1S/C30H28O9S/c1-30(29(33)34-2)35-18-22-23(39-30)24(37-26(31)19-12-6-3-7-13-19)25(38-27(32)20-14-8-4-9-15-20)28(36-22)40-21-16-10-5-11-17-21/h3-17,22-25,28H,18H2,1-2H3/t22-,23-,24+,25-,28-,30+/m1/s1. The van der Waals surface area contributed by atoms with E-state index in [0.717, 1.165) is 4.90 Å². The van der Waals surface area contributed by atoms with Crippen molar-refractivity contribution >= 4 is 29.7 Å². The summed E-state index contributed by atoms with van der Waals surface area (Å²) in [4.78, 5) is 40.0. The van der Waals surface area contributed by atoms with Crippen molar-refractivity contribution < 1.29 is 42.8 Å². The quantitative estimate of drug-likeness (QED) is 0.305. The molecule has 0 spiro atoms. The van der Waals surface area contributed by atoms with E-state index in [9.17, 15) is 14.4 Å². The summed E-state index contributed by atoms with van der Waals surface area (Å²) in [5.41, 5.74) is -0.193. The molecule has 2 heterocycles. The van der Waals surface area contributed by atoms with Crippen LogP contribution in [0.2, 0.25) is 0 Å². The van der Waals surface area contributed by atoms with Crippen molar-refractivity contribution in [2.45, 2.75) is 47.5 Å². The van der Waals surface area contributed by atoms with Gasteiger partial charge in [0.05, 0.1) is 24.8 Å². The molecular weight excluding hydrogens is 536 g/mol. The highest BCUT2D eigenvalue weighted by molar-refractivity contribution is 7.99. The Morgan fingerprint density at radius 1 is 0.800 bits per heavy atom. The van der Waals surface area contributed by atoms with Gasteiger partial charge in [0.1, 0.15) is 17.6 Å². The Morgan fingerprint density at radius 3 is 1.88 bits per heavy atom. The zero-order valence-electron chi connectivity index (χ0n) is 21.8. The number of hydrogen-bond donors (Lipinski definition) is 0. The molecule has 0 bridgehead atoms. The van der Waals surface area contributed by atoms with Crippen molar-refractivity contribution in [3.8, 4) is 0 Å². The topological polar surface area (TPSA) is 107 Å². The molecule has 2 aliphatic rings. The second kappa shape index (κ2) is 12.2. The van der Waals surface area contributed by atoms with Crippen LogP contribution in [-0.4, -0.2) is 67.3 Å². The lowest BCUT2D eigenvalue weighted by atomic mass is 9.97. The summed E-state index contributed by atoms with van der Waals surface area (Å²) in [7, 11) is 1.22. The van der Waals surface area contributed by atoms with E-state index in [-0.39, 0.29) is 6.61 Å². The van der Waals surface area contributed by atoms with Crippen molar-refractivity contribution in [3.05, 3.63) is 102 Å². The van der Waals surface area contributed by atoms with E-state index >= 15 is 0 Å². The van der Waals surface area contributed by atoms with Gasteiger partial charge in [-0.1, -0.05) is 66.4 Å². The van der Waals surface area contributed by atoms with Crippen molar-refractivity contribution in [2.75, 3.05) is 13.7 Å². The zero-order valence-corrected chi connectivity index (χ0v) is 22.7. The minimum Gasteiger partial charge on any atom is -0.465 e. The first-order valence-electron chi connectivity index (χ1n) is 12.7. The van der Waals surface area contributed by atoms with Gasteiger partial charge in [-0.15, -0.1) is 0 Å². The van der Waals surface area contributed by atoms with E-state index in [1.807, 2.05) is 30.3 Å². The molecule has 2 fully saturated rings. The molecule has 208 valence electrons. The van der Waals surface area contributed by atoms with Crippen molar-refractivity contribution in [1.29, 1.82) is 0 Å². The number of benzene rings is 3. The SMILES string of the molecule is COC(=O)[C@@]1(C)OC[C@H]2O[C@H](Sc3ccccc3)[C@H](OC(=O)c3ccccc3)[C@@H](OC(=O)c3ccccc3)[C@@H]2O1. The highest BCUT2D eigenvalue weighted by Gasteiger charge is 2.58. The molecule has 3 aromatic carbocycles. The molecule has 2 saturated heterocycles. The van der Waals surface area contributed by atoms with Crippen LogP contribution in [0.5, 0.6) is 0 Å². The molecule has 0 unspecified atom stereocenters. The largest absolute Gasteiger partial charge is 0.465 e. The summed E-state index contributed by atoms with van der Waals surface area (Å²) >= 11 is 1.31. The molecule has 2 aliphatic heterocycles. The average Bonchev–Trinajstić information content (AvgIpc) is 3.00. The molecule has 3 aromatic rings. The van der Waals surface area contributed by atoms with Crippen LogP contribution in [0.4, 0.5) is 0 Å². The van der Waals surface area contributed by atoms with Crippen molar-refractivity contribution in [3.63, 3.8) is 0 Å².